The predicted octanol–water partition coefficient (Wildman–Crippen LogP) is 6.90. The maximum absolute atomic E-state index is 8.93. The van der Waals surface area contributed by atoms with Crippen LogP contribution in [0.5, 0.6) is 0 Å². The Morgan fingerprint density at radius 1 is 0.880 bits per heavy atom. The fourth-order valence-corrected chi connectivity index (χ4v) is 4.29. The van der Waals surface area contributed by atoms with Gasteiger partial charge in [-0.15, -0.1) is 0 Å². The molecule has 3 rings (SSSR count). The molecular weight excluding hydrogens is 302 g/mol. The molecule has 0 aromatic heterocycles. The molecule has 0 bridgehead atoms. The highest BCUT2D eigenvalue weighted by molar-refractivity contribution is 5.34. The lowest BCUT2D eigenvalue weighted by Crippen LogP contribution is -2.12. The van der Waals surface area contributed by atoms with Gasteiger partial charge in [-0.05, 0) is 78.7 Å². The van der Waals surface area contributed by atoms with E-state index in [2.05, 4.69) is 56.3 Å². The molecule has 0 aliphatic heterocycles. The van der Waals surface area contributed by atoms with Crippen LogP contribution in [0.3, 0.4) is 0 Å². The van der Waals surface area contributed by atoms with Crippen LogP contribution in [0, 0.1) is 11.3 Å². The lowest BCUT2D eigenvalue weighted by Gasteiger charge is -2.29. The van der Waals surface area contributed by atoms with Crippen molar-refractivity contribution in [1.82, 2.24) is 0 Å². The zero-order chi connectivity index (χ0) is 17.6. The van der Waals surface area contributed by atoms with E-state index in [-0.39, 0.29) is 0 Å². The van der Waals surface area contributed by atoms with Crippen molar-refractivity contribution in [2.45, 2.75) is 70.1 Å². The maximum atomic E-state index is 8.93. The summed E-state index contributed by atoms with van der Waals surface area (Å²) in [5.74, 6) is 2.05. The Labute approximate surface area is 152 Å². The number of nitrogens with zero attached hydrogens (tertiary/aromatic N) is 1. The first-order valence-electron chi connectivity index (χ1n) is 9.81. The summed E-state index contributed by atoms with van der Waals surface area (Å²) in [5.41, 5.74) is 5.17. The van der Waals surface area contributed by atoms with Crippen molar-refractivity contribution in [3.05, 3.63) is 70.8 Å². The zero-order valence-corrected chi connectivity index (χ0v) is 15.5. The molecule has 25 heavy (non-hydrogen) atoms. The van der Waals surface area contributed by atoms with Crippen LogP contribution in [0.2, 0.25) is 0 Å². The van der Waals surface area contributed by atoms with Gasteiger partial charge in [-0.1, -0.05) is 56.7 Å². The van der Waals surface area contributed by atoms with Crippen LogP contribution >= 0.6 is 0 Å². The van der Waals surface area contributed by atoms with Crippen LogP contribution in [0.4, 0.5) is 0 Å². The summed E-state index contributed by atoms with van der Waals surface area (Å²) in [4.78, 5) is 0. The second-order valence-electron chi connectivity index (χ2n) is 7.64. The highest BCUT2D eigenvalue weighted by Gasteiger charge is 2.23. The van der Waals surface area contributed by atoms with Crippen molar-refractivity contribution in [3.63, 3.8) is 0 Å². The first kappa shape index (κ1) is 17.7. The van der Waals surface area contributed by atoms with Crippen molar-refractivity contribution in [2.24, 2.45) is 0 Å². The molecule has 0 saturated heterocycles. The van der Waals surface area contributed by atoms with Crippen molar-refractivity contribution in [1.29, 1.82) is 5.26 Å². The highest BCUT2D eigenvalue weighted by atomic mass is 14.3. The van der Waals surface area contributed by atoms with Gasteiger partial charge in [0, 0.05) is 0 Å². The lowest BCUT2D eigenvalue weighted by molar-refractivity contribution is 0.396. The monoisotopic (exact) mass is 331 g/mol. The molecule has 1 atom stereocenters. The number of hydrogen-bond donors (Lipinski definition) is 0. The van der Waals surface area contributed by atoms with Crippen molar-refractivity contribution in [3.8, 4) is 6.07 Å². The molecule has 2 aromatic rings. The smallest absolute Gasteiger partial charge is 0.0991 e. The zero-order valence-electron chi connectivity index (χ0n) is 15.5. The van der Waals surface area contributed by atoms with Crippen LogP contribution < -0.4 is 0 Å². The topological polar surface area (TPSA) is 23.8 Å². The van der Waals surface area contributed by atoms with E-state index in [9.17, 15) is 0 Å². The molecule has 1 aliphatic rings. The molecule has 1 fully saturated rings. The van der Waals surface area contributed by atoms with Crippen LogP contribution in [-0.4, -0.2) is 0 Å². The van der Waals surface area contributed by atoms with E-state index in [1.54, 1.807) is 0 Å². The molecule has 0 heterocycles. The summed E-state index contributed by atoms with van der Waals surface area (Å²) in [6, 6.07) is 19.8. The third-order valence-electron chi connectivity index (χ3n) is 5.94. The van der Waals surface area contributed by atoms with Gasteiger partial charge in [-0.25, -0.2) is 0 Å². The summed E-state index contributed by atoms with van der Waals surface area (Å²) < 4.78 is 0. The van der Waals surface area contributed by atoms with Crippen LogP contribution in [0.1, 0.15) is 92.4 Å². The van der Waals surface area contributed by atoms with Gasteiger partial charge in [-0.3, -0.25) is 0 Å². The molecule has 0 radical (unpaired) electrons. The van der Waals surface area contributed by atoms with E-state index in [1.165, 1.54) is 55.2 Å². The van der Waals surface area contributed by atoms with Crippen molar-refractivity contribution < 1.29 is 0 Å². The normalized spacial score (nSPS) is 21.5. The number of hydrogen-bond acceptors (Lipinski definition) is 1. The predicted molar refractivity (Wildman–Crippen MR) is 105 cm³/mol. The van der Waals surface area contributed by atoms with Gasteiger partial charge in [0.2, 0.25) is 0 Å². The quantitative estimate of drug-likeness (QED) is 0.584. The first-order chi connectivity index (χ1) is 12.2. The van der Waals surface area contributed by atoms with E-state index in [1.807, 2.05) is 12.1 Å². The third kappa shape index (κ3) is 4.31. The average molecular weight is 332 g/mol. The van der Waals surface area contributed by atoms with Crippen LogP contribution in [-0.2, 0) is 0 Å². The Morgan fingerprint density at radius 3 is 1.80 bits per heavy atom. The second kappa shape index (κ2) is 8.34. The molecule has 130 valence electrons. The van der Waals surface area contributed by atoms with Gasteiger partial charge in [0.05, 0.1) is 11.6 Å². The Bertz CT molecular complexity index is 697. The van der Waals surface area contributed by atoms with E-state index in [0.29, 0.717) is 17.8 Å². The third-order valence-corrected chi connectivity index (χ3v) is 5.94. The molecule has 0 amide bonds. The van der Waals surface area contributed by atoms with E-state index in [4.69, 9.17) is 5.26 Å². The molecule has 1 unspecified atom stereocenters. The number of benzene rings is 2. The van der Waals surface area contributed by atoms with Gasteiger partial charge in [-0.2, -0.15) is 5.26 Å². The molecule has 0 N–H and O–H groups in total. The van der Waals surface area contributed by atoms with E-state index >= 15 is 0 Å². The van der Waals surface area contributed by atoms with Gasteiger partial charge >= 0.3 is 0 Å². The second-order valence-corrected chi connectivity index (χ2v) is 7.64. The van der Waals surface area contributed by atoms with Gasteiger partial charge < -0.3 is 0 Å². The Kier molecular flexibility index (Phi) is 5.92. The van der Waals surface area contributed by atoms with Gasteiger partial charge in [0.25, 0.3) is 0 Å². The molecule has 0 spiro atoms. The van der Waals surface area contributed by atoms with E-state index < -0.39 is 0 Å². The fraction of sp³-hybridized carbons (Fsp3) is 0.458. The minimum absolute atomic E-state index is 0.660. The standard InChI is InChI=1S/C24H29N/c1-3-4-18(2)20-9-11-22(12-10-20)24-15-13-23(14-16-24)21-7-5-19(17-25)6-8-21/h5-12,18,23-24H,3-4,13-16H2,1-2H3/t18?,23-,24-. The van der Waals surface area contributed by atoms with E-state index in [0.717, 1.165) is 5.56 Å². The van der Waals surface area contributed by atoms with Crippen LogP contribution in [0.15, 0.2) is 48.5 Å². The minimum atomic E-state index is 0.660. The molecule has 1 aliphatic carbocycles. The lowest BCUT2D eigenvalue weighted by atomic mass is 9.76. The largest absolute Gasteiger partial charge is 0.192 e. The summed E-state index contributed by atoms with van der Waals surface area (Å²) in [5, 5.41) is 8.93. The number of rotatable bonds is 5. The number of nitriles is 1. The molecule has 2 aromatic carbocycles. The first-order valence-corrected chi connectivity index (χ1v) is 9.81. The van der Waals surface area contributed by atoms with Gasteiger partial charge in [0.1, 0.15) is 0 Å². The Morgan fingerprint density at radius 2 is 1.36 bits per heavy atom. The minimum Gasteiger partial charge on any atom is -0.192 e. The molecule has 1 saturated carbocycles. The van der Waals surface area contributed by atoms with Crippen molar-refractivity contribution in [2.75, 3.05) is 0 Å². The summed E-state index contributed by atoms with van der Waals surface area (Å²) in [7, 11) is 0. The molecule has 1 nitrogen and oxygen atoms in total. The maximum Gasteiger partial charge on any atom is 0.0991 e. The Hall–Kier alpha value is -2.07. The SMILES string of the molecule is CCCC(C)c1ccc([C@H]2CC[C@H](c3ccc(C#N)cc3)CC2)cc1. The fourth-order valence-electron chi connectivity index (χ4n) is 4.29. The average Bonchev–Trinajstić information content (AvgIpc) is 2.68. The molecular formula is C24H29N. The highest BCUT2D eigenvalue weighted by Crippen LogP contribution is 2.40. The molecule has 1 heteroatoms. The Balaban J connectivity index is 1.59. The van der Waals surface area contributed by atoms with Gasteiger partial charge in [0.15, 0.2) is 0 Å². The summed E-state index contributed by atoms with van der Waals surface area (Å²) in [6.45, 7) is 4.60. The van der Waals surface area contributed by atoms with Crippen molar-refractivity contribution >= 4 is 0 Å². The van der Waals surface area contributed by atoms with Crippen LogP contribution in [0.25, 0.3) is 0 Å². The summed E-state index contributed by atoms with van der Waals surface area (Å²) >= 11 is 0. The summed E-state index contributed by atoms with van der Waals surface area (Å²) in [6.07, 6.45) is 7.58.